The third kappa shape index (κ3) is 2.80. The fourth-order valence-corrected chi connectivity index (χ4v) is 5.33. The molecule has 2 aliphatic carbocycles. The highest BCUT2D eigenvalue weighted by Crippen LogP contribution is 2.46. The number of nitrogens with two attached hydrogens (primary N) is 1. The molecule has 0 aromatic rings. The number of aliphatic carboxylic acids is 1. The first-order valence-electron chi connectivity index (χ1n) is 9.30. The van der Waals surface area contributed by atoms with Crippen LogP contribution in [0.25, 0.3) is 0 Å². The maximum Gasteiger partial charge on any atom is 0.310 e. The smallest absolute Gasteiger partial charge is 0.310 e. The lowest BCUT2D eigenvalue weighted by molar-refractivity contribution is -0.165. The van der Waals surface area contributed by atoms with Crippen LogP contribution in [-0.4, -0.2) is 40.4 Å². The summed E-state index contributed by atoms with van der Waals surface area (Å²) in [7, 11) is 0. The number of carboxylic acids is 1. The van der Waals surface area contributed by atoms with Crippen LogP contribution in [-0.2, 0) is 14.4 Å². The minimum atomic E-state index is -1.30. The Morgan fingerprint density at radius 1 is 1.00 bits per heavy atom. The lowest BCUT2D eigenvalue weighted by Gasteiger charge is -2.46. The first kappa shape index (κ1) is 17.2. The zero-order chi connectivity index (χ0) is 17.3. The van der Waals surface area contributed by atoms with Crippen LogP contribution in [0.4, 0.5) is 0 Å². The minimum absolute atomic E-state index is 0.161. The summed E-state index contributed by atoms with van der Waals surface area (Å²) in [6.07, 6.45) is 8.62. The zero-order valence-electron chi connectivity index (χ0n) is 14.2. The van der Waals surface area contributed by atoms with Gasteiger partial charge in [-0.2, -0.15) is 0 Å². The predicted molar refractivity (Wildman–Crippen MR) is 87.9 cm³/mol. The molecule has 24 heavy (non-hydrogen) atoms. The molecular formula is C18H28N2O4. The summed E-state index contributed by atoms with van der Waals surface area (Å²) in [6, 6.07) is 0.161. The van der Waals surface area contributed by atoms with Gasteiger partial charge >= 0.3 is 5.97 Å². The topological polar surface area (TPSA) is 101 Å². The van der Waals surface area contributed by atoms with Crippen LogP contribution in [0, 0.1) is 17.3 Å². The molecular weight excluding hydrogens is 308 g/mol. The fourth-order valence-electron chi connectivity index (χ4n) is 5.33. The molecule has 0 spiro atoms. The first-order valence-corrected chi connectivity index (χ1v) is 9.30. The van der Waals surface area contributed by atoms with Crippen LogP contribution in [0.15, 0.2) is 0 Å². The largest absolute Gasteiger partial charge is 0.481 e. The van der Waals surface area contributed by atoms with E-state index in [1.807, 2.05) is 4.90 Å². The summed E-state index contributed by atoms with van der Waals surface area (Å²) in [4.78, 5) is 39.2. The van der Waals surface area contributed by atoms with E-state index in [1.54, 1.807) is 0 Å². The normalized spacial score (nSPS) is 30.4. The Hall–Kier alpha value is -1.59. The van der Waals surface area contributed by atoms with Gasteiger partial charge in [0.1, 0.15) is 5.92 Å². The zero-order valence-corrected chi connectivity index (χ0v) is 14.2. The number of fused-ring (bicyclic) bond motifs is 1. The van der Waals surface area contributed by atoms with Crippen LogP contribution in [0.5, 0.6) is 0 Å². The Labute approximate surface area is 142 Å². The van der Waals surface area contributed by atoms with Gasteiger partial charge in [-0.15, -0.1) is 0 Å². The molecule has 3 rings (SSSR count). The number of primary amides is 1. The van der Waals surface area contributed by atoms with Gasteiger partial charge in [-0.25, -0.2) is 0 Å². The number of carbonyl (C=O) groups excluding carboxylic acids is 2. The number of hydrogen-bond donors (Lipinski definition) is 2. The molecule has 134 valence electrons. The summed E-state index contributed by atoms with van der Waals surface area (Å²) < 4.78 is 0. The molecule has 3 N–H and O–H groups in total. The minimum Gasteiger partial charge on any atom is -0.481 e. The Balaban J connectivity index is 1.89. The highest BCUT2D eigenvalue weighted by atomic mass is 16.4. The number of amides is 2. The van der Waals surface area contributed by atoms with Gasteiger partial charge in [0.25, 0.3) is 0 Å². The molecule has 2 amide bonds. The van der Waals surface area contributed by atoms with Crippen LogP contribution < -0.4 is 5.73 Å². The third-order valence-corrected chi connectivity index (χ3v) is 6.53. The van der Waals surface area contributed by atoms with E-state index in [9.17, 15) is 19.5 Å². The second kappa shape index (κ2) is 6.73. The van der Waals surface area contributed by atoms with Gasteiger partial charge in [0.15, 0.2) is 0 Å². The monoisotopic (exact) mass is 336 g/mol. The quantitative estimate of drug-likeness (QED) is 0.766. The lowest BCUT2D eigenvalue weighted by atomic mass is 9.71. The van der Waals surface area contributed by atoms with Crippen molar-refractivity contribution < 1.29 is 19.5 Å². The van der Waals surface area contributed by atoms with Crippen molar-refractivity contribution >= 4 is 17.8 Å². The van der Waals surface area contributed by atoms with Gasteiger partial charge in [-0.05, 0) is 44.4 Å². The SMILES string of the molecule is NC(=O)C(C(=O)N1CCCC2CCCCC21)C1(C(=O)O)CCCC1. The molecule has 0 bridgehead atoms. The van der Waals surface area contributed by atoms with Crippen LogP contribution in [0.2, 0.25) is 0 Å². The molecule has 3 unspecified atom stereocenters. The predicted octanol–water partition coefficient (Wildman–Crippen LogP) is 1.91. The Morgan fingerprint density at radius 2 is 1.62 bits per heavy atom. The van der Waals surface area contributed by atoms with E-state index in [-0.39, 0.29) is 11.9 Å². The molecule has 0 aromatic heterocycles. The Morgan fingerprint density at radius 3 is 2.25 bits per heavy atom. The van der Waals surface area contributed by atoms with Crippen molar-refractivity contribution in [1.29, 1.82) is 0 Å². The molecule has 0 aromatic carbocycles. The highest BCUT2D eigenvalue weighted by Gasteiger charge is 2.55. The standard InChI is InChI=1S/C18H28N2O4/c19-15(21)14(18(17(23)24)9-3-4-10-18)16(22)20-11-5-7-12-6-1-2-8-13(12)20/h12-14H,1-11H2,(H2,19,21)(H,23,24). The molecule has 2 saturated carbocycles. The van der Waals surface area contributed by atoms with E-state index in [0.717, 1.165) is 44.9 Å². The van der Waals surface area contributed by atoms with Crippen molar-refractivity contribution in [3.8, 4) is 0 Å². The maximum atomic E-state index is 13.3. The van der Waals surface area contributed by atoms with Crippen molar-refractivity contribution in [3.05, 3.63) is 0 Å². The van der Waals surface area contributed by atoms with Crippen molar-refractivity contribution in [2.45, 2.75) is 70.3 Å². The summed E-state index contributed by atoms with van der Waals surface area (Å²) >= 11 is 0. The van der Waals surface area contributed by atoms with Gasteiger partial charge < -0.3 is 15.7 Å². The lowest BCUT2D eigenvalue weighted by Crippen LogP contribution is -2.57. The van der Waals surface area contributed by atoms with Crippen molar-refractivity contribution in [2.24, 2.45) is 23.0 Å². The van der Waals surface area contributed by atoms with Gasteiger partial charge in [-0.1, -0.05) is 25.7 Å². The van der Waals surface area contributed by atoms with Crippen LogP contribution >= 0.6 is 0 Å². The molecule has 1 saturated heterocycles. The van der Waals surface area contributed by atoms with E-state index in [4.69, 9.17) is 5.73 Å². The van der Waals surface area contributed by atoms with Gasteiger partial charge in [-0.3, -0.25) is 14.4 Å². The summed E-state index contributed by atoms with van der Waals surface area (Å²) in [5, 5.41) is 9.78. The van der Waals surface area contributed by atoms with Crippen molar-refractivity contribution in [3.63, 3.8) is 0 Å². The Kier molecular flexibility index (Phi) is 4.83. The fraction of sp³-hybridized carbons (Fsp3) is 0.833. The van der Waals surface area contributed by atoms with Gasteiger partial charge in [0.2, 0.25) is 11.8 Å². The Bertz CT molecular complexity index is 525. The highest BCUT2D eigenvalue weighted by molar-refractivity contribution is 6.04. The van der Waals surface area contributed by atoms with E-state index >= 15 is 0 Å². The number of likely N-dealkylation sites (tertiary alicyclic amines) is 1. The number of rotatable bonds is 4. The van der Waals surface area contributed by atoms with Gasteiger partial charge in [0, 0.05) is 12.6 Å². The summed E-state index contributed by atoms with van der Waals surface area (Å²) in [5.41, 5.74) is 4.26. The first-order chi connectivity index (χ1) is 11.5. The molecule has 0 radical (unpaired) electrons. The number of carbonyl (C=O) groups is 3. The van der Waals surface area contributed by atoms with Crippen LogP contribution in [0.3, 0.4) is 0 Å². The molecule has 3 aliphatic rings. The second-order valence-corrected chi connectivity index (χ2v) is 7.79. The molecule has 1 heterocycles. The summed E-state index contributed by atoms with van der Waals surface area (Å²) in [5.74, 6) is -2.88. The number of piperidine rings is 1. The molecule has 3 atom stereocenters. The van der Waals surface area contributed by atoms with E-state index in [2.05, 4.69) is 0 Å². The average Bonchev–Trinajstić information content (AvgIpc) is 3.04. The number of hydrogen-bond acceptors (Lipinski definition) is 3. The molecule has 6 nitrogen and oxygen atoms in total. The maximum absolute atomic E-state index is 13.3. The number of carboxylic acid groups (broad SMARTS) is 1. The molecule has 1 aliphatic heterocycles. The van der Waals surface area contributed by atoms with Crippen molar-refractivity contribution in [1.82, 2.24) is 4.90 Å². The van der Waals surface area contributed by atoms with Crippen LogP contribution in [0.1, 0.15) is 64.2 Å². The third-order valence-electron chi connectivity index (χ3n) is 6.53. The molecule has 3 fully saturated rings. The second-order valence-electron chi connectivity index (χ2n) is 7.79. The van der Waals surface area contributed by atoms with Gasteiger partial charge in [0.05, 0.1) is 5.41 Å². The number of nitrogens with zero attached hydrogens (tertiary/aromatic N) is 1. The average molecular weight is 336 g/mol. The van der Waals surface area contributed by atoms with E-state index in [0.29, 0.717) is 25.3 Å². The van der Waals surface area contributed by atoms with Crippen molar-refractivity contribution in [2.75, 3.05) is 6.54 Å². The van der Waals surface area contributed by atoms with E-state index in [1.165, 1.54) is 6.42 Å². The van der Waals surface area contributed by atoms with E-state index < -0.39 is 23.2 Å². The summed E-state index contributed by atoms with van der Waals surface area (Å²) in [6.45, 7) is 0.624. The molecule has 6 heteroatoms.